The Balaban J connectivity index is 2.15. The van der Waals surface area contributed by atoms with E-state index in [1.54, 1.807) is 0 Å². The van der Waals surface area contributed by atoms with Crippen LogP contribution in [0.5, 0.6) is 0 Å². The molecule has 0 aromatic rings. The van der Waals surface area contributed by atoms with Gasteiger partial charge in [0.15, 0.2) is 0 Å². The van der Waals surface area contributed by atoms with Crippen LogP contribution in [0.2, 0.25) is 0 Å². The van der Waals surface area contributed by atoms with E-state index in [4.69, 9.17) is 9.47 Å². The molecule has 0 N–H and O–H groups in total. The molecule has 0 amide bonds. The normalized spacial score (nSPS) is 27.3. The van der Waals surface area contributed by atoms with Gasteiger partial charge in [0.05, 0.1) is 13.0 Å². The molecule has 4 heteroatoms. The number of hydrogen-bond acceptors (Lipinski definition) is 4. The van der Waals surface area contributed by atoms with Crippen molar-refractivity contribution in [3.8, 4) is 0 Å². The van der Waals surface area contributed by atoms with E-state index in [2.05, 4.69) is 0 Å². The molecule has 0 spiro atoms. The average Bonchev–Trinajstić information content (AvgIpc) is 1.83. The smallest absolute Gasteiger partial charge is 0.310 e. The number of carbonyl (C=O) groups is 2. The lowest BCUT2D eigenvalue weighted by molar-refractivity contribution is -0.190. The maximum Gasteiger partial charge on any atom is 0.310 e. The SMILES string of the molecule is CC(=O)OCCC1(C)CC(=O)O1. The molecule has 0 aliphatic carbocycles. The van der Waals surface area contributed by atoms with Crippen molar-refractivity contribution in [2.75, 3.05) is 6.61 Å². The number of rotatable bonds is 3. The third kappa shape index (κ3) is 2.22. The molecule has 1 aliphatic rings. The second-order valence-electron chi connectivity index (χ2n) is 3.19. The number of esters is 2. The molecule has 12 heavy (non-hydrogen) atoms. The molecule has 0 radical (unpaired) electrons. The molecule has 0 bridgehead atoms. The van der Waals surface area contributed by atoms with Crippen LogP contribution in [0.1, 0.15) is 26.7 Å². The van der Waals surface area contributed by atoms with Crippen molar-refractivity contribution in [1.82, 2.24) is 0 Å². The highest BCUT2D eigenvalue weighted by Gasteiger charge is 2.41. The maximum atomic E-state index is 10.5. The molecular weight excluding hydrogens is 160 g/mol. The van der Waals surface area contributed by atoms with Gasteiger partial charge in [-0.3, -0.25) is 9.59 Å². The summed E-state index contributed by atoms with van der Waals surface area (Å²) < 4.78 is 9.60. The second-order valence-corrected chi connectivity index (χ2v) is 3.19. The highest BCUT2D eigenvalue weighted by atomic mass is 16.6. The largest absolute Gasteiger partial charge is 0.466 e. The first-order valence-corrected chi connectivity index (χ1v) is 3.87. The number of hydrogen-bond donors (Lipinski definition) is 0. The van der Waals surface area contributed by atoms with Gasteiger partial charge < -0.3 is 9.47 Å². The minimum absolute atomic E-state index is 0.180. The van der Waals surface area contributed by atoms with Crippen LogP contribution in [0.3, 0.4) is 0 Å². The molecule has 68 valence electrons. The molecule has 0 aromatic carbocycles. The van der Waals surface area contributed by atoms with Crippen LogP contribution in [0, 0.1) is 0 Å². The quantitative estimate of drug-likeness (QED) is 0.586. The average molecular weight is 172 g/mol. The van der Waals surface area contributed by atoms with Crippen LogP contribution in [0.4, 0.5) is 0 Å². The fraction of sp³-hybridized carbons (Fsp3) is 0.750. The summed E-state index contributed by atoms with van der Waals surface area (Å²) in [6.45, 7) is 3.51. The molecule has 1 atom stereocenters. The Hall–Kier alpha value is -1.06. The summed E-state index contributed by atoms with van der Waals surface area (Å²) in [5.74, 6) is -0.482. The Morgan fingerprint density at radius 3 is 2.75 bits per heavy atom. The summed E-state index contributed by atoms with van der Waals surface area (Å²) in [5.41, 5.74) is -0.396. The zero-order valence-corrected chi connectivity index (χ0v) is 7.25. The topological polar surface area (TPSA) is 52.6 Å². The standard InChI is InChI=1S/C8H12O4/c1-6(9)11-4-3-8(2)5-7(10)12-8/h3-5H2,1-2H3. The summed E-state index contributed by atoms with van der Waals surface area (Å²) in [6.07, 6.45) is 1.01. The minimum atomic E-state index is -0.396. The second kappa shape index (κ2) is 3.13. The van der Waals surface area contributed by atoms with Crippen molar-refractivity contribution in [3.05, 3.63) is 0 Å². The number of cyclic esters (lactones) is 1. The Bertz CT molecular complexity index is 201. The zero-order chi connectivity index (χ0) is 9.19. The van der Waals surface area contributed by atoms with Crippen molar-refractivity contribution < 1.29 is 19.1 Å². The van der Waals surface area contributed by atoms with Crippen LogP contribution >= 0.6 is 0 Å². The Labute approximate surface area is 70.8 Å². The van der Waals surface area contributed by atoms with E-state index in [0.29, 0.717) is 19.4 Å². The molecule has 1 saturated heterocycles. The Morgan fingerprint density at radius 1 is 1.75 bits per heavy atom. The van der Waals surface area contributed by atoms with E-state index in [1.165, 1.54) is 6.92 Å². The van der Waals surface area contributed by atoms with E-state index >= 15 is 0 Å². The van der Waals surface area contributed by atoms with E-state index in [1.807, 2.05) is 6.92 Å². The van der Waals surface area contributed by atoms with Gasteiger partial charge >= 0.3 is 11.9 Å². The first kappa shape index (κ1) is 9.03. The molecule has 0 saturated carbocycles. The predicted octanol–water partition coefficient (Wildman–Crippen LogP) is 0.645. The highest BCUT2D eigenvalue weighted by molar-refractivity contribution is 5.76. The summed E-state index contributed by atoms with van der Waals surface area (Å²) >= 11 is 0. The van der Waals surface area contributed by atoms with Crippen LogP contribution in [0.25, 0.3) is 0 Å². The first-order chi connectivity index (χ1) is 5.52. The van der Waals surface area contributed by atoms with Crippen molar-refractivity contribution in [1.29, 1.82) is 0 Å². The van der Waals surface area contributed by atoms with E-state index in [-0.39, 0.29) is 11.9 Å². The van der Waals surface area contributed by atoms with Crippen molar-refractivity contribution in [3.63, 3.8) is 0 Å². The van der Waals surface area contributed by atoms with Gasteiger partial charge in [0.1, 0.15) is 5.60 Å². The Morgan fingerprint density at radius 2 is 2.33 bits per heavy atom. The third-order valence-corrected chi connectivity index (χ3v) is 1.81. The summed E-state index contributed by atoms with van der Waals surface area (Å²) in [7, 11) is 0. The first-order valence-electron chi connectivity index (χ1n) is 3.87. The molecule has 0 aromatic heterocycles. The molecule has 1 rings (SSSR count). The molecule has 4 nitrogen and oxygen atoms in total. The lowest BCUT2D eigenvalue weighted by Gasteiger charge is -2.36. The van der Waals surface area contributed by atoms with Crippen LogP contribution < -0.4 is 0 Å². The van der Waals surface area contributed by atoms with Crippen LogP contribution in [0.15, 0.2) is 0 Å². The lowest BCUT2D eigenvalue weighted by Crippen LogP contribution is -2.45. The van der Waals surface area contributed by atoms with Crippen LogP contribution in [-0.2, 0) is 19.1 Å². The predicted molar refractivity (Wildman–Crippen MR) is 40.4 cm³/mol. The molecule has 1 fully saturated rings. The van der Waals surface area contributed by atoms with Gasteiger partial charge in [-0.2, -0.15) is 0 Å². The molecule has 1 aliphatic heterocycles. The summed E-state index contributed by atoms with van der Waals surface area (Å²) in [5, 5.41) is 0. The van der Waals surface area contributed by atoms with Gasteiger partial charge in [0.2, 0.25) is 0 Å². The fourth-order valence-corrected chi connectivity index (χ4v) is 1.12. The zero-order valence-electron chi connectivity index (χ0n) is 7.25. The monoisotopic (exact) mass is 172 g/mol. The van der Waals surface area contributed by atoms with Gasteiger partial charge in [-0.15, -0.1) is 0 Å². The Kier molecular flexibility index (Phi) is 2.35. The van der Waals surface area contributed by atoms with Crippen LogP contribution in [-0.4, -0.2) is 24.1 Å². The van der Waals surface area contributed by atoms with E-state index in [0.717, 1.165) is 0 Å². The van der Waals surface area contributed by atoms with Gasteiger partial charge in [-0.25, -0.2) is 0 Å². The van der Waals surface area contributed by atoms with Crippen molar-refractivity contribution >= 4 is 11.9 Å². The fourth-order valence-electron chi connectivity index (χ4n) is 1.12. The minimum Gasteiger partial charge on any atom is -0.466 e. The van der Waals surface area contributed by atoms with Gasteiger partial charge in [-0.1, -0.05) is 0 Å². The highest BCUT2D eigenvalue weighted by Crippen LogP contribution is 2.30. The van der Waals surface area contributed by atoms with Gasteiger partial charge in [0, 0.05) is 13.3 Å². The molecule has 1 unspecified atom stereocenters. The van der Waals surface area contributed by atoms with E-state index < -0.39 is 5.60 Å². The number of ether oxygens (including phenoxy) is 2. The van der Waals surface area contributed by atoms with Gasteiger partial charge in [-0.05, 0) is 6.92 Å². The summed E-state index contributed by atoms with van der Waals surface area (Å²) in [4.78, 5) is 20.9. The molecule has 1 heterocycles. The van der Waals surface area contributed by atoms with Crippen molar-refractivity contribution in [2.24, 2.45) is 0 Å². The maximum absolute atomic E-state index is 10.5. The number of carbonyl (C=O) groups excluding carboxylic acids is 2. The van der Waals surface area contributed by atoms with Crippen molar-refractivity contribution in [2.45, 2.75) is 32.3 Å². The molecular formula is C8H12O4. The third-order valence-electron chi connectivity index (χ3n) is 1.81. The van der Waals surface area contributed by atoms with E-state index in [9.17, 15) is 9.59 Å². The lowest BCUT2D eigenvalue weighted by atomic mass is 9.93. The summed E-state index contributed by atoms with van der Waals surface area (Å²) in [6, 6.07) is 0. The van der Waals surface area contributed by atoms with Gasteiger partial charge in [0.25, 0.3) is 0 Å².